The van der Waals surface area contributed by atoms with Crippen molar-refractivity contribution in [3.63, 3.8) is 0 Å². The first-order chi connectivity index (χ1) is 27.3. The fourth-order valence-corrected chi connectivity index (χ4v) is 10.5. The van der Waals surface area contributed by atoms with E-state index in [1.807, 2.05) is 11.3 Å². The molecule has 0 saturated carbocycles. The van der Waals surface area contributed by atoms with Gasteiger partial charge in [-0.2, -0.15) is 0 Å². The standard InChI is InChI=1S/C54H32S/c1-3-15-38-33(12-1)14-11-23-43(38)52-44-19-7-9-21-46(44)53(47-22-10-8-20-45(47)52)48-28-27-39(41-17-5-6-18-42(41)48)36-25-24-35-31-49-51(32-37(35)30-36)55-50-29-26-34-13-2-4-16-40(34)54(49)50/h1-32H. The van der Waals surface area contributed by atoms with E-state index in [1.165, 1.54) is 118 Å². The van der Waals surface area contributed by atoms with Gasteiger partial charge in [-0.1, -0.05) is 170 Å². The summed E-state index contributed by atoms with van der Waals surface area (Å²) in [6, 6.07) is 72.3. The Morgan fingerprint density at radius 3 is 1.45 bits per heavy atom. The van der Waals surface area contributed by atoms with E-state index in [1.54, 1.807) is 0 Å². The highest BCUT2D eigenvalue weighted by Gasteiger charge is 2.20. The topological polar surface area (TPSA) is 0 Å². The van der Waals surface area contributed by atoms with Crippen molar-refractivity contribution >= 4 is 96.1 Å². The van der Waals surface area contributed by atoms with Crippen LogP contribution in [0.15, 0.2) is 194 Å². The predicted molar refractivity (Wildman–Crippen MR) is 241 cm³/mol. The summed E-state index contributed by atoms with van der Waals surface area (Å²) in [5.74, 6) is 0. The third kappa shape index (κ3) is 4.57. The number of benzene rings is 11. The molecule has 0 N–H and O–H groups in total. The third-order valence-corrected chi connectivity index (χ3v) is 12.9. The lowest BCUT2D eigenvalue weighted by molar-refractivity contribution is 1.67. The van der Waals surface area contributed by atoms with Crippen LogP contribution >= 0.6 is 11.3 Å². The molecular weight excluding hydrogens is 681 g/mol. The molecule has 0 amide bonds. The first-order valence-corrected chi connectivity index (χ1v) is 19.8. The molecule has 1 heterocycles. The van der Waals surface area contributed by atoms with E-state index in [-0.39, 0.29) is 0 Å². The third-order valence-electron chi connectivity index (χ3n) is 11.8. The highest BCUT2D eigenvalue weighted by atomic mass is 32.1. The Balaban J connectivity index is 1.07. The highest BCUT2D eigenvalue weighted by molar-refractivity contribution is 7.26. The summed E-state index contributed by atoms with van der Waals surface area (Å²) in [4.78, 5) is 0. The molecule has 1 heteroatoms. The van der Waals surface area contributed by atoms with Gasteiger partial charge in [-0.05, 0) is 122 Å². The summed E-state index contributed by atoms with van der Waals surface area (Å²) in [5, 5.41) is 18.0. The quantitative estimate of drug-likeness (QED) is 0.160. The zero-order chi connectivity index (χ0) is 36.0. The first-order valence-electron chi connectivity index (χ1n) is 19.0. The Bertz CT molecular complexity index is 3490. The molecule has 0 fully saturated rings. The second-order valence-corrected chi connectivity index (χ2v) is 15.8. The molecule has 0 aliphatic heterocycles. The van der Waals surface area contributed by atoms with Crippen molar-refractivity contribution < 1.29 is 0 Å². The van der Waals surface area contributed by atoms with Crippen LogP contribution in [0.5, 0.6) is 0 Å². The maximum absolute atomic E-state index is 2.40. The van der Waals surface area contributed by atoms with Crippen molar-refractivity contribution in [1.29, 1.82) is 0 Å². The molecule has 0 atom stereocenters. The zero-order valence-electron chi connectivity index (χ0n) is 29.9. The van der Waals surface area contributed by atoms with E-state index in [9.17, 15) is 0 Å². The van der Waals surface area contributed by atoms with Gasteiger partial charge in [0, 0.05) is 20.2 Å². The van der Waals surface area contributed by atoms with E-state index in [0.717, 1.165) is 0 Å². The summed E-state index contributed by atoms with van der Waals surface area (Å²) in [7, 11) is 0. The van der Waals surface area contributed by atoms with Gasteiger partial charge in [0.2, 0.25) is 0 Å². The Morgan fingerprint density at radius 1 is 0.255 bits per heavy atom. The normalized spacial score (nSPS) is 12.0. The SMILES string of the molecule is c1ccc2c(-c3c4ccccc4c(-c4ccc(-c5ccc6cc7c(cc6c5)sc5ccc6ccccc6c57)c5ccccc45)c4ccccc34)cccc2c1. The molecule has 11 aromatic carbocycles. The van der Waals surface area contributed by atoms with Gasteiger partial charge in [0.1, 0.15) is 0 Å². The lowest BCUT2D eigenvalue weighted by Crippen LogP contribution is -1.93. The molecular formula is C54H32S. The first kappa shape index (κ1) is 30.6. The summed E-state index contributed by atoms with van der Waals surface area (Å²) in [6.07, 6.45) is 0. The van der Waals surface area contributed by atoms with Crippen LogP contribution in [0, 0.1) is 0 Å². The number of hydrogen-bond acceptors (Lipinski definition) is 1. The average Bonchev–Trinajstić information content (AvgIpc) is 3.62. The number of hydrogen-bond donors (Lipinski definition) is 0. The number of thiophene rings is 1. The van der Waals surface area contributed by atoms with E-state index in [2.05, 4.69) is 194 Å². The molecule has 0 aliphatic rings. The van der Waals surface area contributed by atoms with Crippen LogP contribution in [-0.4, -0.2) is 0 Å². The van der Waals surface area contributed by atoms with Crippen molar-refractivity contribution in [2.45, 2.75) is 0 Å². The molecule has 55 heavy (non-hydrogen) atoms. The van der Waals surface area contributed by atoms with Gasteiger partial charge in [0.05, 0.1) is 0 Å². The van der Waals surface area contributed by atoms with Crippen molar-refractivity contribution in [2.75, 3.05) is 0 Å². The Kier molecular flexibility index (Phi) is 6.60. The fourth-order valence-electron chi connectivity index (χ4n) is 9.38. The number of fused-ring (bicyclic) bond motifs is 10. The van der Waals surface area contributed by atoms with Crippen LogP contribution in [0.1, 0.15) is 0 Å². The molecule has 0 saturated heterocycles. The molecule has 0 aliphatic carbocycles. The summed E-state index contributed by atoms with van der Waals surface area (Å²) < 4.78 is 2.68. The summed E-state index contributed by atoms with van der Waals surface area (Å²) in [6.45, 7) is 0. The van der Waals surface area contributed by atoms with E-state index < -0.39 is 0 Å². The average molecular weight is 713 g/mol. The van der Waals surface area contributed by atoms with Crippen molar-refractivity contribution in [1.82, 2.24) is 0 Å². The molecule has 254 valence electrons. The van der Waals surface area contributed by atoms with Crippen LogP contribution in [0.4, 0.5) is 0 Å². The zero-order valence-corrected chi connectivity index (χ0v) is 30.7. The molecule has 0 spiro atoms. The van der Waals surface area contributed by atoms with Gasteiger partial charge in [0.25, 0.3) is 0 Å². The Morgan fingerprint density at radius 2 is 0.764 bits per heavy atom. The van der Waals surface area contributed by atoms with Gasteiger partial charge in [0.15, 0.2) is 0 Å². The van der Waals surface area contributed by atoms with E-state index in [4.69, 9.17) is 0 Å². The van der Waals surface area contributed by atoms with Gasteiger partial charge in [-0.3, -0.25) is 0 Å². The smallest absolute Gasteiger partial charge is 0.0362 e. The highest BCUT2D eigenvalue weighted by Crippen LogP contribution is 2.48. The van der Waals surface area contributed by atoms with Gasteiger partial charge < -0.3 is 0 Å². The van der Waals surface area contributed by atoms with Crippen LogP contribution in [0.3, 0.4) is 0 Å². The minimum absolute atomic E-state index is 1.24. The lowest BCUT2D eigenvalue weighted by Gasteiger charge is -2.20. The molecule has 12 rings (SSSR count). The van der Waals surface area contributed by atoms with Gasteiger partial charge in [-0.15, -0.1) is 11.3 Å². The monoisotopic (exact) mass is 712 g/mol. The minimum atomic E-state index is 1.24. The maximum atomic E-state index is 2.40. The molecule has 0 bridgehead atoms. The summed E-state index contributed by atoms with van der Waals surface area (Å²) >= 11 is 1.90. The molecule has 0 nitrogen and oxygen atoms in total. The molecule has 1 aromatic heterocycles. The largest absolute Gasteiger partial charge is 0.135 e. The van der Waals surface area contributed by atoms with Crippen LogP contribution in [0.2, 0.25) is 0 Å². The van der Waals surface area contributed by atoms with Crippen LogP contribution in [0.25, 0.3) is 118 Å². The second-order valence-electron chi connectivity index (χ2n) is 14.7. The van der Waals surface area contributed by atoms with Crippen LogP contribution in [-0.2, 0) is 0 Å². The Hall–Kier alpha value is -6.80. The Labute approximate surface area is 322 Å². The maximum Gasteiger partial charge on any atom is 0.0362 e. The number of rotatable bonds is 3. The predicted octanol–water partition coefficient (Wildman–Crippen LogP) is 16.0. The minimum Gasteiger partial charge on any atom is -0.135 e. The second kappa shape index (κ2) is 11.9. The van der Waals surface area contributed by atoms with Gasteiger partial charge >= 0.3 is 0 Å². The summed E-state index contributed by atoms with van der Waals surface area (Å²) in [5.41, 5.74) is 7.61. The fraction of sp³-hybridized carbons (Fsp3) is 0. The molecule has 12 aromatic rings. The lowest BCUT2D eigenvalue weighted by atomic mass is 9.83. The van der Waals surface area contributed by atoms with Crippen molar-refractivity contribution in [3.8, 4) is 33.4 Å². The van der Waals surface area contributed by atoms with Crippen molar-refractivity contribution in [2.24, 2.45) is 0 Å². The van der Waals surface area contributed by atoms with Crippen molar-refractivity contribution in [3.05, 3.63) is 194 Å². The van der Waals surface area contributed by atoms with E-state index in [0.29, 0.717) is 0 Å². The molecule has 0 radical (unpaired) electrons. The van der Waals surface area contributed by atoms with Gasteiger partial charge in [-0.25, -0.2) is 0 Å². The van der Waals surface area contributed by atoms with Crippen LogP contribution < -0.4 is 0 Å². The molecule has 0 unspecified atom stereocenters. The van der Waals surface area contributed by atoms with E-state index >= 15 is 0 Å².